The Hall–Kier alpha value is 0.350. The fourth-order valence-corrected chi connectivity index (χ4v) is 3.02. The van der Waals surface area contributed by atoms with E-state index in [4.69, 9.17) is 16.1 Å². The highest BCUT2D eigenvalue weighted by molar-refractivity contribution is 7.40. The molecule has 1 fully saturated rings. The minimum absolute atomic E-state index is 0.319. The third kappa shape index (κ3) is 4.39. The minimum atomic E-state index is -1.42. The van der Waals surface area contributed by atoms with Crippen LogP contribution in [0.25, 0.3) is 0 Å². The van der Waals surface area contributed by atoms with Gasteiger partial charge < -0.3 is 0 Å². The van der Waals surface area contributed by atoms with Crippen molar-refractivity contribution in [2.75, 3.05) is 12.5 Å². The van der Waals surface area contributed by atoms with Crippen LogP contribution in [0.4, 0.5) is 0 Å². The molecule has 1 rings (SSSR count). The zero-order valence-electron chi connectivity index (χ0n) is 7.88. The van der Waals surface area contributed by atoms with Gasteiger partial charge in [0.1, 0.15) is 6.61 Å². The van der Waals surface area contributed by atoms with Gasteiger partial charge >= 0.3 is 8.03 Å². The van der Waals surface area contributed by atoms with Crippen molar-refractivity contribution in [2.45, 2.75) is 44.2 Å². The summed E-state index contributed by atoms with van der Waals surface area (Å²) < 4.78 is 16.8. The fourth-order valence-electron chi connectivity index (χ4n) is 1.61. The van der Waals surface area contributed by atoms with E-state index in [0.29, 0.717) is 18.1 Å². The maximum absolute atomic E-state index is 11.6. The summed E-state index contributed by atoms with van der Waals surface area (Å²) >= 11 is 5.50. The Labute approximate surface area is 85.9 Å². The molecule has 1 saturated carbocycles. The first kappa shape index (κ1) is 11.4. The highest BCUT2D eigenvalue weighted by atomic mass is 35.5. The van der Waals surface area contributed by atoms with E-state index in [1.54, 1.807) is 0 Å². The van der Waals surface area contributed by atoms with Gasteiger partial charge in [-0.15, -0.1) is 16.1 Å². The van der Waals surface area contributed by atoms with Crippen LogP contribution in [-0.4, -0.2) is 18.1 Å². The van der Waals surface area contributed by atoms with E-state index in [0.717, 1.165) is 19.3 Å². The number of rotatable bonds is 5. The predicted octanol–water partition coefficient (Wildman–Crippen LogP) is 3.71. The van der Waals surface area contributed by atoms with Crippen LogP contribution in [0.1, 0.15) is 38.5 Å². The van der Waals surface area contributed by atoms with E-state index in [-0.39, 0.29) is 0 Å². The van der Waals surface area contributed by atoms with E-state index >= 15 is 0 Å². The Morgan fingerprint density at radius 3 is 2.62 bits per heavy atom. The molecule has 0 bridgehead atoms. The lowest BCUT2D eigenvalue weighted by Crippen LogP contribution is -2.09. The Kier molecular flexibility index (Phi) is 5.93. The Morgan fingerprint density at radius 2 is 2.00 bits per heavy atom. The second-order valence-corrected chi connectivity index (χ2v) is 5.39. The second-order valence-electron chi connectivity index (χ2n) is 3.45. The van der Waals surface area contributed by atoms with Crippen molar-refractivity contribution in [3.63, 3.8) is 0 Å². The average molecular weight is 224 g/mol. The molecule has 1 aliphatic carbocycles. The summed E-state index contributed by atoms with van der Waals surface area (Å²) in [5, 5.41) is 0. The van der Waals surface area contributed by atoms with Gasteiger partial charge in [0.25, 0.3) is 0 Å². The highest BCUT2D eigenvalue weighted by Gasteiger charge is 2.33. The maximum atomic E-state index is 11.6. The van der Waals surface area contributed by atoms with Gasteiger partial charge in [0.05, 0.1) is 0 Å². The summed E-state index contributed by atoms with van der Waals surface area (Å²) in [5.74, 6) is 0.591. The van der Waals surface area contributed by atoms with Crippen molar-refractivity contribution in [3.8, 4) is 0 Å². The molecule has 0 N–H and O–H groups in total. The van der Waals surface area contributed by atoms with E-state index in [1.165, 1.54) is 19.3 Å². The lowest BCUT2D eigenvalue weighted by molar-refractivity contribution is 0.315. The van der Waals surface area contributed by atoms with Gasteiger partial charge in [-0.3, -0.25) is 0 Å². The largest absolute Gasteiger partial charge is 0.511 e. The SMILES string of the molecule is O=[P+](OCCCCl)C1CCCCC1. The Morgan fingerprint density at radius 1 is 1.31 bits per heavy atom. The van der Waals surface area contributed by atoms with Crippen LogP contribution in [0.2, 0.25) is 0 Å². The molecule has 0 spiro atoms. The molecule has 0 aromatic rings. The molecular weight excluding hydrogens is 207 g/mol. The summed E-state index contributed by atoms with van der Waals surface area (Å²) in [6, 6.07) is 0. The molecule has 0 radical (unpaired) electrons. The summed E-state index contributed by atoms with van der Waals surface area (Å²) in [4.78, 5) is 0. The van der Waals surface area contributed by atoms with Crippen molar-refractivity contribution in [3.05, 3.63) is 0 Å². The van der Waals surface area contributed by atoms with Gasteiger partial charge in [-0.1, -0.05) is 6.42 Å². The second kappa shape index (κ2) is 6.75. The summed E-state index contributed by atoms with van der Waals surface area (Å²) in [6.07, 6.45) is 6.68. The van der Waals surface area contributed by atoms with Gasteiger partial charge in [-0.2, -0.15) is 0 Å². The number of alkyl halides is 1. The number of hydrogen-bond acceptors (Lipinski definition) is 2. The minimum Gasteiger partial charge on any atom is -0.146 e. The molecular formula is C9H17ClO2P+. The van der Waals surface area contributed by atoms with E-state index in [9.17, 15) is 4.57 Å². The molecule has 0 aromatic heterocycles. The van der Waals surface area contributed by atoms with E-state index in [2.05, 4.69) is 0 Å². The zero-order valence-corrected chi connectivity index (χ0v) is 9.53. The smallest absolute Gasteiger partial charge is 0.146 e. The molecule has 0 aromatic carbocycles. The lowest BCUT2D eigenvalue weighted by Gasteiger charge is -2.11. The topological polar surface area (TPSA) is 26.3 Å². The van der Waals surface area contributed by atoms with Gasteiger partial charge in [-0.25, -0.2) is 0 Å². The van der Waals surface area contributed by atoms with E-state index < -0.39 is 8.03 Å². The van der Waals surface area contributed by atoms with Gasteiger partial charge in [0.15, 0.2) is 5.66 Å². The Balaban J connectivity index is 2.13. The summed E-state index contributed by atoms with van der Waals surface area (Å²) in [5.41, 5.74) is 0.319. The molecule has 0 heterocycles. The monoisotopic (exact) mass is 223 g/mol. The highest BCUT2D eigenvalue weighted by Crippen LogP contribution is 2.39. The average Bonchev–Trinajstić information content (AvgIpc) is 2.19. The Bertz CT molecular complexity index is 158. The molecule has 76 valence electrons. The molecule has 0 saturated heterocycles. The lowest BCUT2D eigenvalue weighted by atomic mass is 10.0. The predicted molar refractivity (Wildman–Crippen MR) is 55.8 cm³/mol. The van der Waals surface area contributed by atoms with Gasteiger partial charge in [-0.05, 0) is 36.7 Å². The first-order valence-electron chi connectivity index (χ1n) is 5.00. The van der Waals surface area contributed by atoms with E-state index in [1.807, 2.05) is 0 Å². The third-order valence-corrected chi connectivity index (χ3v) is 4.19. The first-order chi connectivity index (χ1) is 6.34. The van der Waals surface area contributed by atoms with Crippen LogP contribution in [-0.2, 0) is 9.09 Å². The molecule has 1 aliphatic rings. The van der Waals surface area contributed by atoms with Crippen molar-refractivity contribution in [2.24, 2.45) is 0 Å². The quantitative estimate of drug-likeness (QED) is 0.404. The van der Waals surface area contributed by atoms with Crippen LogP contribution in [0.15, 0.2) is 0 Å². The van der Waals surface area contributed by atoms with Gasteiger partial charge in [0.2, 0.25) is 0 Å². The van der Waals surface area contributed by atoms with Crippen molar-refractivity contribution in [1.82, 2.24) is 0 Å². The van der Waals surface area contributed by atoms with Crippen molar-refractivity contribution < 1.29 is 9.09 Å². The van der Waals surface area contributed by atoms with Crippen LogP contribution in [0.3, 0.4) is 0 Å². The number of halogens is 1. The molecule has 4 heteroatoms. The molecule has 0 amide bonds. The fraction of sp³-hybridized carbons (Fsp3) is 1.00. The normalized spacial score (nSPS) is 20.2. The first-order valence-corrected chi connectivity index (χ1v) is 6.78. The van der Waals surface area contributed by atoms with Crippen LogP contribution < -0.4 is 0 Å². The van der Waals surface area contributed by atoms with Crippen molar-refractivity contribution >= 4 is 19.6 Å². The third-order valence-electron chi connectivity index (χ3n) is 2.37. The van der Waals surface area contributed by atoms with Crippen molar-refractivity contribution in [1.29, 1.82) is 0 Å². The molecule has 1 unspecified atom stereocenters. The number of hydrogen-bond donors (Lipinski definition) is 0. The maximum Gasteiger partial charge on any atom is 0.511 e. The standard InChI is InChI=1S/C9H17ClO2P/c10-7-4-8-12-13(11)9-5-2-1-3-6-9/h9H,1-8H2/q+1. The van der Waals surface area contributed by atoms with Crippen LogP contribution in [0, 0.1) is 0 Å². The zero-order chi connectivity index (χ0) is 9.52. The molecule has 13 heavy (non-hydrogen) atoms. The molecule has 0 aliphatic heterocycles. The molecule has 2 nitrogen and oxygen atoms in total. The van der Waals surface area contributed by atoms with Crippen LogP contribution in [0.5, 0.6) is 0 Å². The summed E-state index contributed by atoms with van der Waals surface area (Å²) in [6.45, 7) is 0.551. The molecule has 1 atom stereocenters. The summed E-state index contributed by atoms with van der Waals surface area (Å²) in [7, 11) is -1.42. The van der Waals surface area contributed by atoms with Crippen LogP contribution >= 0.6 is 19.6 Å². The van der Waals surface area contributed by atoms with Gasteiger partial charge in [0, 0.05) is 5.88 Å².